The lowest BCUT2D eigenvalue weighted by Crippen LogP contribution is -2.08. The highest BCUT2D eigenvalue weighted by molar-refractivity contribution is 7.05. The third-order valence-corrected chi connectivity index (χ3v) is 4.01. The highest BCUT2D eigenvalue weighted by Crippen LogP contribution is 2.23. The largest absolute Gasteiger partial charge is 0.461 e. The Hall–Kier alpha value is -2.73. The van der Waals surface area contributed by atoms with Crippen LogP contribution in [0.4, 0.5) is 0 Å². The monoisotopic (exact) mass is 340 g/mol. The third kappa shape index (κ3) is 3.97. The van der Waals surface area contributed by atoms with E-state index in [4.69, 9.17) is 9.47 Å². The number of ether oxygens (including phenoxy) is 2. The maximum Gasteiger partial charge on any atom is 0.360 e. The second kappa shape index (κ2) is 7.70. The number of nitrogens with zero attached hydrogens (tertiary/aromatic N) is 2. The Labute approximate surface area is 144 Å². The van der Waals surface area contributed by atoms with E-state index in [9.17, 15) is 4.79 Å². The van der Waals surface area contributed by atoms with Crippen molar-refractivity contribution in [2.75, 3.05) is 6.61 Å². The number of aromatic nitrogens is 2. The van der Waals surface area contributed by atoms with Crippen LogP contribution >= 0.6 is 11.5 Å². The average Bonchev–Trinajstić information content (AvgIpc) is 3.06. The van der Waals surface area contributed by atoms with Gasteiger partial charge in [0.1, 0.15) is 11.5 Å². The van der Waals surface area contributed by atoms with E-state index < -0.39 is 5.97 Å². The van der Waals surface area contributed by atoms with Crippen LogP contribution in [-0.4, -0.2) is 22.2 Å². The van der Waals surface area contributed by atoms with Gasteiger partial charge in [0.15, 0.2) is 5.69 Å². The van der Waals surface area contributed by atoms with Crippen molar-refractivity contribution >= 4 is 17.5 Å². The number of rotatable bonds is 6. The van der Waals surface area contributed by atoms with Crippen molar-refractivity contribution in [3.63, 3.8) is 0 Å². The molecule has 0 fully saturated rings. The molecule has 0 saturated carbocycles. The van der Waals surface area contributed by atoms with Crippen molar-refractivity contribution in [3.8, 4) is 11.5 Å². The van der Waals surface area contributed by atoms with E-state index in [1.807, 2.05) is 54.6 Å². The van der Waals surface area contributed by atoms with Gasteiger partial charge in [-0.25, -0.2) is 4.79 Å². The number of carbonyl (C=O) groups excluding carboxylic acids is 1. The van der Waals surface area contributed by atoms with E-state index in [2.05, 4.69) is 9.59 Å². The van der Waals surface area contributed by atoms with E-state index in [1.54, 1.807) is 6.92 Å². The van der Waals surface area contributed by atoms with Gasteiger partial charge in [-0.1, -0.05) is 34.8 Å². The molecule has 0 radical (unpaired) electrons. The van der Waals surface area contributed by atoms with E-state index in [-0.39, 0.29) is 0 Å². The molecular weight excluding hydrogens is 324 g/mol. The number of hydrogen-bond acceptors (Lipinski definition) is 6. The smallest absolute Gasteiger partial charge is 0.360 e. The summed E-state index contributed by atoms with van der Waals surface area (Å²) in [7, 11) is 0. The molecule has 0 bridgehead atoms. The Morgan fingerprint density at radius 2 is 1.75 bits per heavy atom. The SMILES string of the molecule is CCOC(=O)c1nnsc1Cc1ccc(Oc2ccccc2)cc1. The van der Waals surface area contributed by atoms with Crippen molar-refractivity contribution in [3.05, 3.63) is 70.7 Å². The molecule has 0 N–H and O–H groups in total. The van der Waals surface area contributed by atoms with Crippen LogP contribution in [0.5, 0.6) is 11.5 Å². The molecule has 2 aromatic carbocycles. The minimum absolute atomic E-state index is 0.298. The molecular formula is C18H16N2O3S. The first kappa shape index (κ1) is 16.1. The van der Waals surface area contributed by atoms with E-state index in [0.29, 0.717) is 18.7 Å². The molecule has 0 aliphatic heterocycles. The lowest BCUT2D eigenvalue weighted by atomic mass is 10.1. The quantitative estimate of drug-likeness (QED) is 0.632. The van der Waals surface area contributed by atoms with Gasteiger partial charge in [0, 0.05) is 6.42 Å². The molecule has 1 heterocycles. The van der Waals surface area contributed by atoms with Crippen LogP contribution in [0, 0.1) is 0 Å². The second-order valence-electron chi connectivity index (χ2n) is 5.00. The fourth-order valence-electron chi connectivity index (χ4n) is 2.16. The normalized spacial score (nSPS) is 10.4. The molecule has 0 aliphatic rings. The lowest BCUT2D eigenvalue weighted by molar-refractivity contribution is 0.0518. The van der Waals surface area contributed by atoms with Gasteiger partial charge in [-0.2, -0.15) is 0 Å². The number of benzene rings is 2. The highest BCUT2D eigenvalue weighted by Gasteiger charge is 2.17. The third-order valence-electron chi connectivity index (χ3n) is 3.29. The molecule has 1 aromatic heterocycles. The summed E-state index contributed by atoms with van der Waals surface area (Å²) >= 11 is 1.21. The predicted octanol–water partition coefficient (Wildman–Crippen LogP) is 4.10. The summed E-state index contributed by atoms with van der Waals surface area (Å²) in [5, 5.41) is 3.87. The van der Waals surface area contributed by atoms with Crippen molar-refractivity contribution in [2.45, 2.75) is 13.3 Å². The van der Waals surface area contributed by atoms with Gasteiger partial charge < -0.3 is 9.47 Å². The molecule has 0 amide bonds. The molecule has 3 rings (SSSR count). The van der Waals surface area contributed by atoms with Crippen LogP contribution in [-0.2, 0) is 11.2 Å². The minimum Gasteiger partial charge on any atom is -0.461 e. The predicted molar refractivity (Wildman–Crippen MR) is 91.6 cm³/mol. The molecule has 5 nitrogen and oxygen atoms in total. The van der Waals surface area contributed by atoms with Gasteiger partial charge in [0.05, 0.1) is 11.5 Å². The summed E-state index contributed by atoms with van der Waals surface area (Å²) in [5.74, 6) is 1.13. The summed E-state index contributed by atoms with van der Waals surface area (Å²) in [6, 6.07) is 17.3. The van der Waals surface area contributed by atoms with Crippen LogP contribution in [0.2, 0.25) is 0 Å². The fourth-order valence-corrected chi connectivity index (χ4v) is 2.83. The molecule has 0 unspecified atom stereocenters. The maximum atomic E-state index is 11.8. The first-order valence-electron chi connectivity index (χ1n) is 7.56. The summed E-state index contributed by atoms with van der Waals surface area (Å²) in [6.07, 6.45) is 0.581. The zero-order valence-electron chi connectivity index (χ0n) is 13.1. The number of hydrogen-bond donors (Lipinski definition) is 0. The number of esters is 1. The first-order valence-corrected chi connectivity index (χ1v) is 8.34. The fraction of sp³-hybridized carbons (Fsp3) is 0.167. The Balaban J connectivity index is 1.69. The Bertz CT molecular complexity index is 801. The Kier molecular flexibility index (Phi) is 5.18. The molecule has 6 heteroatoms. The van der Waals surface area contributed by atoms with E-state index in [1.165, 1.54) is 11.5 Å². The maximum absolute atomic E-state index is 11.8. The zero-order chi connectivity index (χ0) is 16.8. The zero-order valence-corrected chi connectivity index (χ0v) is 14.0. The molecule has 3 aromatic rings. The van der Waals surface area contributed by atoms with Crippen molar-refractivity contribution in [1.82, 2.24) is 9.59 Å². The van der Waals surface area contributed by atoms with Gasteiger partial charge in [-0.3, -0.25) is 0 Å². The van der Waals surface area contributed by atoms with Gasteiger partial charge in [0.25, 0.3) is 0 Å². The number of para-hydroxylation sites is 1. The summed E-state index contributed by atoms with van der Waals surface area (Å²) < 4.78 is 14.6. The van der Waals surface area contributed by atoms with Crippen molar-refractivity contribution in [1.29, 1.82) is 0 Å². The van der Waals surface area contributed by atoms with Gasteiger partial charge in [0.2, 0.25) is 0 Å². The second-order valence-corrected chi connectivity index (χ2v) is 5.84. The lowest BCUT2D eigenvalue weighted by Gasteiger charge is -2.06. The Morgan fingerprint density at radius 3 is 2.46 bits per heavy atom. The highest BCUT2D eigenvalue weighted by atomic mass is 32.1. The summed E-state index contributed by atoms with van der Waals surface area (Å²) in [5.41, 5.74) is 1.35. The number of carbonyl (C=O) groups is 1. The van der Waals surface area contributed by atoms with Crippen LogP contribution in [0.1, 0.15) is 27.9 Å². The molecule has 0 saturated heterocycles. The van der Waals surface area contributed by atoms with Gasteiger partial charge >= 0.3 is 5.97 Å². The van der Waals surface area contributed by atoms with Gasteiger partial charge in [-0.05, 0) is 48.3 Å². The summed E-state index contributed by atoms with van der Waals surface area (Å²) in [4.78, 5) is 12.6. The van der Waals surface area contributed by atoms with Crippen LogP contribution in [0.3, 0.4) is 0 Å². The van der Waals surface area contributed by atoms with Crippen LogP contribution in [0.25, 0.3) is 0 Å². The van der Waals surface area contributed by atoms with Crippen molar-refractivity contribution < 1.29 is 14.3 Å². The molecule has 0 aliphatic carbocycles. The molecule has 24 heavy (non-hydrogen) atoms. The van der Waals surface area contributed by atoms with E-state index in [0.717, 1.165) is 21.9 Å². The minimum atomic E-state index is -0.426. The standard InChI is InChI=1S/C18H16N2O3S/c1-2-22-18(21)17-16(24-20-19-17)12-13-8-10-15(11-9-13)23-14-6-4-3-5-7-14/h3-11H,2,12H2,1H3. The first-order chi connectivity index (χ1) is 11.8. The molecule has 122 valence electrons. The summed E-state index contributed by atoms with van der Waals surface area (Å²) in [6.45, 7) is 2.09. The topological polar surface area (TPSA) is 61.3 Å². The average molecular weight is 340 g/mol. The molecule has 0 spiro atoms. The van der Waals surface area contributed by atoms with Gasteiger partial charge in [-0.15, -0.1) is 5.10 Å². The van der Waals surface area contributed by atoms with Crippen LogP contribution in [0.15, 0.2) is 54.6 Å². The Morgan fingerprint density at radius 1 is 1.04 bits per heavy atom. The molecule has 0 atom stereocenters. The van der Waals surface area contributed by atoms with E-state index >= 15 is 0 Å². The van der Waals surface area contributed by atoms with Crippen LogP contribution < -0.4 is 4.74 Å². The van der Waals surface area contributed by atoms with Crippen molar-refractivity contribution in [2.24, 2.45) is 0 Å².